The van der Waals surface area contributed by atoms with Crippen molar-refractivity contribution in [1.29, 1.82) is 0 Å². The van der Waals surface area contributed by atoms with Crippen molar-refractivity contribution in [2.24, 2.45) is 0 Å². The van der Waals surface area contributed by atoms with Gasteiger partial charge in [0.15, 0.2) is 5.78 Å². The first-order chi connectivity index (χ1) is 13.0. The summed E-state index contributed by atoms with van der Waals surface area (Å²) in [4.78, 5) is 15.1. The van der Waals surface area contributed by atoms with Crippen molar-refractivity contribution < 1.29 is 9.53 Å². The molecule has 0 radical (unpaired) electrons. The lowest BCUT2D eigenvalue weighted by Crippen LogP contribution is -2.37. The van der Waals surface area contributed by atoms with Crippen LogP contribution in [0.25, 0.3) is 10.9 Å². The molecule has 2 heterocycles. The number of hydrogen-bond donors (Lipinski definition) is 1. The number of carbonyl (C=O) groups is 1. The van der Waals surface area contributed by atoms with Gasteiger partial charge < -0.3 is 15.5 Å². The van der Waals surface area contributed by atoms with E-state index in [1.165, 1.54) is 5.56 Å². The molecular weight excluding hydrogens is 338 g/mol. The van der Waals surface area contributed by atoms with Gasteiger partial charge in [-0.2, -0.15) is 0 Å². The zero-order valence-corrected chi connectivity index (χ0v) is 16.9. The van der Waals surface area contributed by atoms with Crippen molar-refractivity contribution >= 4 is 16.7 Å². The molecule has 0 bridgehead atoms. The van der Waals surface area contributed by atoms with E-state index in [0.717, 1.165) is 55.2 Å². The molecule has 1 fully saturated rings. The Morgan fingerprint density at radius 3 is 2.67 bits per heavy atom. The molecule has 1 aliphatic rings. The maximum atomic E-state index is 12.6. The van der Waals surface area contributed by atoms with Gasteiger partial charge in [0, 0.05) is 43.3 Å². The van der Waals surface area contributed by atoms with Crippen molar-refractivity contribution in [3.8, 4) is 0 Å². The third-order valence-corrected chi connectivity index (χ3v) is 5.89. The van der Waals surface area contributed by atoms with Gasteiger partial charge in [-0.15, -0.1) is 0 Å². The number of likely N-dealkylation sites (tertiary alicyclic amines) is 1. The van der Waals surface area contributed by atoms with Crippen LogP contribution in [0.5, 0.6) is 0 Å². The maximum absolute atomic E-state index is 12.6. The summed E-state index contributed by atoms with van der Waals surface area (Å²) in [6.07, 6.45) is 6.71. The van der Waals surface area contributed by atoms with Crippen molar-refractivity contribution in [3.05, 3.63) is 35.5 Å². The normalized spacial score (nSPS) is 16.4. The van der Waals surface area contributed by atoms with Crippen LogP contribution in [-0.4, -0.2) is 48.2 Å². The van der Waals surface area contributed by atoms with E-state index in [1.54, 1.807) is 11.8 Å². The quantitative estimate of drug-likeness (QED) is 0.434. The lowest BCUT2D eigenvalue weighted by atomic mass is 9.88. The fourth-order valence-electron chi connectivity index (χ4n) is 4.18. The molecule has 0 aliphatic carbocycles. The lowest BCUT2D eigenvalue weighted by molar-refractivity contribution is 0.0975. The van der Waals surface area contributed by atoms with Gasteiger partial charge in [-0.25, -0.2) is 0 Å². The number of carbonyl (C=O) groups excluding carboxylic acids is 1. The number of Topliss-reactive ketones (excluding diaryl/α,β-unsaturated/α-hetero) is 1. The number of ketones is 1. The first-order valence-electron chi connectivity index (χ1n) is 10.2. The van der Waals surface area contributed by atoms with E-state index in [4.69, 9.17) is 10.6 Å². The van der Waals surface area contributed by atoms with E-state index in [0.29, 0.717) is 25.0 Å². The summed E-state index contributed by atoms with van der Waals surface area (Å²) >= 11 is 0. The van der Waals surface area contributed by atoms with Crippen LogP contribution in [0.1, 0.15) is 67.8 Å². The molecule has 27 heavy (non-hydrogen) atoms. The van der Waals surface area contributed by atoms with Crippen molar-refractivity contribution in [2.75, 3.05) is 32.6 Å². The zero-order chi connectivity index (χ0) is 19.4. The van der Waals surface area contributed by atoms with Crippen molar-refractivity contribution in [3.63, 3.8) is 0 Å². The molecule has 2 aromatic rings. The molecule has 5 heteroatoms. The van der Waals surface area contributed by atoms with E-state index in [-0.39, 0.29) is 5.78 Å². The summed E-state index contributed by atoms with van der Waals surface area (Å²) in [7, 11) is 1.69. The van der Waals surface area contributed by atoms with Crippen LogP contribution in [0.3, 0.4) is 0 Å². The first kappa shape index (κ1) is 19.9. The summed E-state index contributed by atoms with van der Waals surface area (Å²) in [5.74, 6) is 6.93. The third kappa shape index (κ3) is 4.53. The number of piperidine rings is 1. The Bertz CT molecular complexity index is 773. The van der Waals surface area contributed by atoms with Gasteiger partial charge in [-0.05, 0) is 82.3 Å². The Labute approximate surface area is 162 Å². The largest absolute Gasteiger partial charge is 0.385 e. The molecule has 2 N–H and O–H groups in total. The molecule has 148 valence electrons. The Morgan fingerprint density at radius 2 is 2.00 bits per heavy atom. The summed E-state index contributed by atoms with van der Waals surface area (Å²) in [5.41, 5.74) is 3.10. The number of methoxy groups -OCH3 is 1. The fourth-order valence-corrected chi connectivity index (χ4v) is 4.18. The SMILES string of the molecule is COCCCCC(=O)c1ccc2c(c1)c(C1CCN(C(C)C)CC1)cn2N. The number of hydrogen-bond acceptors (Lipinski definition) is 4. The van der Waals surface area contributed by atoms with Gasteiger partial charge in [0.05, 0.1) is 5.52 Å². The van der Waals surface area contributed by atoms with Crippen LogP contribution >= 0.6 is 0 Å². The van der Waals surface area contributed by atoms with E-state index >= 15 is 0 Å². The molecule has 0 atom stereocenters. The van der Waals surface area contributed by atoms with E-state index in [9.17, 15) is 4.79 Å². The van der Waals surface area contributed by atoms with Crippen molar-refractivity contribution in [1.82, 2.24) is 9.58 Å². The number of unbranched alkanes of at least 4 members (excludes halogenated alkanes) is 1. The number of benzene rings is 1. The second-order valence-electron chi connectivity index (χ2n) is 8.00. The highest BCUT2D eigenvalue weighted by Crippen LogP contribution is 2.35. The number of nitrogen functional groups attached to an aromatic ring is 1. The summed E-state index contributed by atoms with van der Waals surface area (Å²) < 4.78 is 6.78. The highest BCUT2D eigenvalue weighted by atomic mass is 16.5. The summed E-state index contributed by atoms with van der Waals surface area (Å²) in [5, 5.41) is 1.14. The molecule has 3 rings (SSSR count). The molecule has 0 amide bonds. The molecule has 1 aromatic carbocycles. The molecule has 1 saturated heterocycles. The minimum Gasteiger partial charge on any atom is -0.385 e. The van der Waals surface area contributed by atoms with Crippen LogP contribution in [0, 0.1) is 0 Å². The molecule has 0 saturated carbocycles. The van der Waals surface area contributed by atoms with Gasteiger partial charge in [0.1, 0.15) is 0 Å². The summed E-state index contributed by atoms with van der Waals surface area (Å²) in [6.45, 7) is 7.48. The molecule has 0 unspecified atom stereocenters. The Balaban J connectivity index is 1.77. The minimum atomic E-state index is 0.207. The molecule has 5 nitrogen and oxygen atoms in total. The highest BCUT2D eigenvalue weighted by molar-refractivity contribution is 6.00. The Kier molecular flexibility index (Phi) is 6.55. The molecule has 1 aliphatic heterocycles. The lowest BCUT2D eigenvalue weighted by Gasteiger charge is -2.34. The first-order valence-corrected chi connectivity index (χ1v) is 10.2. The number of nitrogens with zero attached hydrogens (tertiary/aromatic N) is 2. The zero-order valence-electron chi connectivity index (χ0n) is 16.9. The molecule has 1 aromatic heterocycles. The Morgan fingerprint density at radius 1 is 1.26 bits per heavy atom. The topological polar surface area (TPSA) is 60.5 Å². The van der Waals surface area contributed by atoms with Crippen LogP contribution in [0.4, 0.5) is 0 Å². The average molecular weight is 372 g/mol. The van der Waals surface area contributed by atoms with E-state index < -0.39 is 0 Å². The Hall–Kier alpha value is -1.85. The van der Waals surface area contributed by atoms with E-state index in [2.05, 4.69) is 31.0 Å². The smallest absolute Gasteiger partial charge is 0.162 e. The molecule has 0 spiro atoms. The van der Waals surface area contributed by atoms with Crippen LogP contribution in [-0.2, 0) is 4.74 Å². The van der Waals surface area contributed by atoms with Crippen molar-refractivity contribution in [2.45, 2.75) is 57.9 Å². The number of aromatic nitrogens is 1. The van der Waals surface area contributed by atoms with Gasteiger partial charge in [-0.3, -0.25) is 9.47 Å². The predicted octanol–water partition coefficient (Wildman–Crippen LogP) is 3.94. The predicted molar refractivity (Wildman–Crippen MR) is 111 cm³/mol. The number of rotatable bonds is 8. The van der Waals surface area contributed by atoms with Gasteiger partial charge in [0.2, 0.25) is 0 Å². The van der Waals surface area contributed by atoms with Crippen LogP contribution in [0.15, 0.2) is 24.4 Å². The van der Waals surface area contributed by atoms with Crippen LogP contribution < -0.4 is 5.84 Å². The van der Waals surface area contributed by atoms with Crippen LogP contribution in [0.2, 0.25) is 0 Å². The maximum Gasteiger partial charge on any atom is 0.162 e. The summed E-state index contributed by atoms with van der Waals surface area (Å²) in [6, 6.07) is 6.56. The second-order valence-corrected chi connectivity index (χ2v) is 8.00. The van der Waals surface area contributed by atoms with Gasteiger partial charge >= 0.3 is 0 Å². The number of ether oxygens (including phenoxy) is 1. The average Bonchev–Trinajstić information content (AvgIpc) is 3.01. The second kappa shape index (κ2) is 8.89. The third-order valence-electron chi connectivity index (χ3n) is 5.89. The molecular formula is C22H33N3O2. The number of nitrogens with two attached hydrogens (primary N) is 1. The standard InChI is InChI=1S/C22H33N3O2/c1-16(2)24-11-9-17(10-12-24)20-15-25(23)21-8-7-18(14-19(20)21)22(26)6-4-5-13-27-3/h7-8,14-17H,4-6,9-13,23H2,1-3H3. The monoisotopic (exact) mass is 371 g/mol. The van der Waals surface area contributed by atoms with E-state index in [1.807, 2.05) is 12.1 Å². The van der Waals surface area contributed by atoms with Gasteiger partial charge in [0.25, 0.3) is 0 Å². The fraction of sp³-hybridized carbons (Fsp3) is 0.591. The highest BCUT2D eigenvalue weighted by Gasteiger charge is 2.25. The van der Waals surface area contributed by atoms with Gasteiger partial charge in [-0.1, -0.05) is 0 Å². The number of fused-ring (bicyclic) bond motifs is 1. The minimum absolute atomic E-state index is 0.207.